The van der Waals surface area contributed by atoms with Gasteiger partial charge in [0.25, 0.3) is 5.91 Å². The molecule has 11 heteroatoms. The highest BCUT2D eigenvalue weighted by atomic mass is 16.6. The van der Waals surface area contributed by atoms with Crippen molar-refractivity contribution in [2.75, 3.05) is 12.3 Å². The van der Waals surface area contributed by atoms with E-state index in [9.17, 15) is 20.1 Å². The van der Waals surface area contributed by atoms with Gasteiger partial charge in [-0.1, -0.05) is 31.6 Å². The van der Waals surface area contributed by atoms with Crippen LogP contribution in [-0.4, -0.2) is 71.2 Å². The summed E-state index contributed by atoms with van der Waals surface area (Å²) in [7, 11) is 0. The zero-order valence-corrected chi connectivity index (χ0v) is 20.4. The van der Waals surface area contributed by atoms with Crippen LogP contribution >= 0.6 is 0 Å². The number of anilines is 1. The van der Waals surface area contributed by atoms with Crippen molar-refractivity contribution in [3.8, 4) is 11.8 Å². The molecule has 2 aromatic heterocycles. The predicted octanol–water partition coefficient (Wildman–Crippen LogP) is 0.627. The first kappa shape index (κ1) is 24.9. The molecule has 194 valence electrons. The van der Waals surface area contributed by atoms with Gasteiger partial charge in [-0.05, 0) is 43.9 Å². The Morgan fingerprint density at radius 1 is 1.25 bits per heavy atom. The van der Waals surface area contributed by atoms with Crippen molar-refractivity contribution in [1.29, 1.82) is 0 Å². The zero-order chi connectivity index (χ0) is 25.4. The van der Waals surface area contributed by atoms with E-state index in [1.165, 1.54) is 36.6 Å². The number of likely N-dealkylation sites (N-methyl/N-ethyl adjacent to an activating group) is 1. The van der Waals surface area contributed by atoms with Crippen LogP contribution in [-0.2, 0) is 9.53 Å². The summed E-state index contributed by atoms with van der Waals surface area (Å²) in [4.78, 5) is 25.1. The number of aromatic nitrogens is 4. The Morgan fingerprint density at radius 2 is 2.03 bits per heavy atom. The van der Waals surface area contributed by atoms with Gasteiger partial charge in [-0.3, -0.25) is 9.36 Å². The summed E-state index contributed by atoms with van der Waals surface area (Å²) in [5.41, 5.74) is 5.86. The van der Waals surface area contributed by atoms with Crippen molar-refractivity contribution in [2.45, 2.75) is 88.4 Å². The van der Waals surface area contributed by atoms with Gasteiger partial charge in [0, 0.05) is 13.0 Å². The first-order valence-corrected chi connectivity index (χ1v) is 12.8. The third-order valence-corrected chi connectivity index (χ3v) is 7.88. The summed E-state index contributed by atoms with van der Waals surface area (Å²) in [6.07, 6.45) is 4.15. The average molecular weight is 499 g/mol. The number of fused-ring (bicyclic) bond motifs is 2. The van der Waals surface area contributed by atoms with Crippen LogP contribution in [0.5, 0.6) is 0 Å². The Labute approximate surface area is 209 Å². The van der Waals surface area contributed by atoms with Gasteiger partial charge in [0.1, 0.15) is 17.7 Å². The van der Waals surface area contributed by atoms with Crippen LogP contribution in [0, 0.1) is 23.7 Å². The van der Waals surface area contributed by atoms with E-state index in [1.807, 2.05) is 0 Å². The number of rotatable bonds is 4. The summed E-state index contributed by atoms with van der Waals surface area (Å²) in [6.45, 7) is 2.11. The topological polar surface area (TPSA) is 169 Å². The number of carbonyl (C=O) groups is 1. The molecule has 2 aromatic rings. The molecule has 1 amide bonds. The lowest BCUT2D eigenvalue weighted by Gasteiger charge is -2.43. The van der Waals surface area contributed by atoms with Gasteiger partial charge in [-0.25, -0.2) is 15.0 Å². The number of nitrogens with zero attached hydrogens (tertiary/aromatic N) is 4. The largest absolute Gasteiger partial charge is 0.389 e. The SMILES string of the molecule is CCNC(=O)[C@H]1O[C@@H](n2cnc3c(N)nc(C#CCC4(O)CCC5CCCCC5C4)nc32)[C@H](O)[C@@H]1O. The van der Waals surface area contributed by atoms with Crippen LogP contribution in [0.1, 0.15) is 70.3 Å². The van der Waals surface area contributed by atoms with Crippen molar-refractivity contribution < 1.29 is 24.9 Å². The Bertz CT molecular complexity index is 1190. The quantitative estimate of drug-likeness (QED) is 0.380. The lowest BCUT2D eigenvalue weighted by Crippen LogP contribution is -2.42. The van der Waals surface area contributed by atoms with Crippen molar-refractivity contribution in [3.63, 3.8) is 0 Å². The van der Waals surface area contributed by atoms with E-state index in [2.05, 4.69) is 32.1 Å². The smallest absolute Gasteiger partial charge is 0.252 e. The van der Waals surface area contributed by atoms with Crippen LogP contribution in [0.4, 0.5) is 5.82 Å². The molecular formula is C25H34N6O5. The summed E-state index contributed by atoms with van der Waals surface area (Å²) >= 11 is 0. The molecule has 0 bridgehead atoms. The van der Waals surface area contributed by atoms with E-state index in [4.69, 9.17) is 10.5 Å². The van der Waals surface area contributed by atoms with Gasteiger partial charge in [0.15, 0.2) is 23.8 Å². The van der Waals surface area contributed by atoms with Gasteiger partial charge >= 0.3 is 0 Å². The molecule has 6 N–H and O–H groups in total. The molecule has 5 rings (SSSR count). The lowest BCUT2D eigenvalue weighted by atomic mass is 9.65. The highest BCUT2D eigenvalue weighted by Crippen LogP contribution is 2.45. The summed E-state index contributed by atoms with van der Waals surface area (Å²) in [6, 6.07) is 0. The van der Waals surface area contributed by atoms with Gasteiger partial charge < -0.3 is 31.1 Å². The van der Waals surface area contributed by atoms with Crippen molar-refractivity contribution >= 4 is 22.9 Å². The number of nitrogen functional groups attached to an aromatic ring is 1. The van der Waals surface area contributed by atoms with E-state index in [0.717, 1.165) is 25.2 Å². The minimum atomic E-state index is -1.42. The van der Waals surface area contributed by atoms with E-state index >= 15 is 0 Å². The first-order valence-electron chi connectivity index (χ1n) is 12.8. The summed E-state index contributed by atoms with van der Waals surface area (Å²) in [5.74, 6) is 7.03. The van der Waals surface area contributed by atoms with Crippen molar-refractivity contribution in [3.05, 3.63) is 12.2 Å². The second kappa shape index (κ2) is 9.94. The molecule has 2 saturated carbocycles. The molecule has 2 aliphatic carbocycles. The molecule has 36 heavy (non-hydrogen) atoms. The fraction of sp³-hybridized carbons (Fsp3) is 0.680. The number of nitrogens with one attached hydrogen (secondary N) is 1. The Morgan fingerprint density at radius 3 is 2.81 bits per heavy atom. The number of ether oxygens (including phenoxy) is 1. The number of amides is 1. The normalized spacial score (nSPS) is 34.1. The molecule has 1 saturated heterocycles. The fourth-order valence-electron chi connectivity index (χ4n) is 5.99. The molecular weight excluding hydrogens is 464 g/mol. The molecule has 11 nitrogen and oxygen atoms in total. The molecule has 0 radical (unpaired) electrons. The fourth-order valence-corrected chi connectivity index (χ4v) is 5.99. The van der Waals surface area contributed by atoms with Gasteiger partial charge in [0.05, 0.1) is 11.9 Å². The van der Waals surface area contributed by atoms with Crippen LogP contribution < -0.4 is 11.1 Å². The summed E-state index contributed by atoms with van der Waals surface area (Å²) < 4.78 is 7.11. The highest BCUT2D eigenvalue weighted by Gasteiger charge is 2.47. The predicted molar refractivity (Wildman–Crippen MR) is 130 cm³/mol. The molecule has 3 aliphatic rings. The van der Waals surface area contributed by atoms with Crippen molar-refractivity contribution in [1.82, 2.24) is 24.8 Å². The number of hydrogen-bond acceptors (Lipinski definition) is 9. The zero-order valence-electron chi connectivity index (χ0n) is 20.4. The number of hydrogen-bond donors (Lipinski definition) is 5. The Hall–Kier alpha value is -2.78. The average Bonchev–Trinajstić information content (AvgIpc) is 3.40. The maximum atomic E-state index is 12.2. The van der Waals surface area contributed by atoms with E-state index in [0.29, 0.717) is 24.4 Å². The molecule has 0 aromatic carbocycles. The number of aliphatic hydroxyl groups is 3. The minimum Gasteiger partial charge on any atom is -0.389 e. The number of carbonyl (C=O) groups excluding carboxylic acids is 1. The second-order valence-corrected chi connectivity index (χ2v) is 10.3. The maximum absolute atomic E-state index is 12.2. The number of imidazole rings is 1. The molecule has 3 unspecified atom stereocenters. The standard InChI is InChI=1S/C25H34N6O5/c1-2-27-23(34)20-18(32)19(33)24(36-20)31-13-28-17-21(26)29-16(30-22(17)31)8-5-10-25(35)11-9-14-6-3-4-7-15(14)12-25/h13-15,18-20,24,32-33,35H,2-4,6-7,9-12H2,1H3,(H,27,34)(H2,26,29,30)/t14?,15?,18-,19+,20-,24+,25?/m0/s1. The van der Waals surface area contributed by atoms with Crippen LogP contribution in [0.3, 0.4) is 0 Å². The molecule has 0 spiro atoms. The van der Waals surface area contributed by atoms with Gasteiger partial charge in [-0.15, -0.1) is 0 Å². The van der Waals surface area contributed by atoms with Gasteiger partial charge in [0.2, 0.25) is 5.82 Å². The van der Waals surface area contributed by atoms with Crippen molar-refractivity contribution in [2.24, 2.45) is 11.8 Å². The summed E-state index contributed by atoms with van der Waals surface area (Å²) in [5, 5.41) is 34.7. The van der Waals surface area contributed by atoms with Crippen LogP contribution in [0.25, 0.3) is 11.2 Å². The highest BCUT2D eigenvalue weighted by molar-refractivity contribution is 5.83. The van der Waals surface area contributed by atoms with E-state index < -0.39 is 36.0 Å². The van der Waals surface area contributed by atoms with E-state index in [1.54, 1.807) is 6.92 Å². The molecule has 3 heterocycles. The molecule has 7 atom stereocenters. The lowest BCUT2D eigenvalue weighted by molar-refractivity contribution is -0.137. The second-order valence-electron chi connectivity index (χ2n) is 10.3. The van der Waals surface area contributed by atoms with Crippen LogP contribution in [0.2, 0.25) is 0 Å². The van der Waals surface area contributed by atoms with E-state index in [-0.39, 0.29) is 17.3 Å². The number of nitrogens with two attached hydrogens (primary N) is 1. The van der Waals surface area contributed by atoms with Gasteiger partial charge in [-0.2, -0.15) is 0 Å². The molecule has 3 fully saturated rings. The monoisotopic (exact) mass is 498 g/mol. The number of aliphatic hydroxyl groups excluding tert-OH is 2. The molecule has 1 aliphatic heterocycles. The van der Waals surface area contributed by atoms with Crippen LogP contribution in [0.15, 0.2) is 6.33 Å². The third-order valence-electron chi connectivity index (χ3n) is 7.88. The first-order chi connectivity index (χ1) is 17.3. The third kappa shape index (κ3) is 4.66. The Kier molecular flexibility index (Phi) is 6.87. The maximum Gasteiger partial charge on any atom is 0.252 e. The Balaban J connectivity index is 1.35. The minimum absolute atomic E-state index is 0.109.